The highest BCUT2D eigenvalue weighted by Gasteiger charge is 2.52. The number of hydroxylamine groups is 2. The van der Waals surface area contributed by atoms with Crippen LogP contribution in [0.5, 0.6) is 11.5 Å². The van der Waals surface area contributed by atoms with Crippen molar-refractivity contribution in [1.29, 1.82) is 0 Å². The fraction of sp³-hybridized carbons (Fsp3) is 0.643. The van der Waals surface area contributed by atoms with E-state index in [1.807, 2.05) is 31.3 Å². The molecule has 3 aromatic rings. The molecule has 1 aliphatic heterocycles. The zero-order chi connectivity index (χ0) is 34.1. The molecule has 1 aromatic heterocycles. The zero-order valence-electron chi connectivity index (χ0n) is 30.8. The van der Waals surface area contributed by atoms with Gasteiger partial charge in [-0.1, -0.05) is 115 Å². The van der Waals surface area contributed by atoms with Gasteiger partial charge in [-0.2, -0.15) is 0 Å². The van der Waals surface area contributed by atoms with E-state index in [0.717, 1.165) is 67.9 Å². The minimum atomic E-state index is -0.580. The number of nitrogens with zero attached hydrogens (tertiary/aromatic N) is 3. The first-order valence-corrected chi connectivity index (χ1v) is 19.3. The predicted molar refractivity (Wildman–Crippen MR) is 195 cm³/mol. The number of aromatic nitrogens is 2. The van der Waals surface area contributed by atoms with Crippen molar-refractivity contribution in [3.63, 3.8) is 0 Å². The van der Waals surface area contributed by atoms with Gasteiger partial charge in [0.2, 0.25) is 6.33 Å². The Morgan fingerprint density at radius 3 is 1.46 bits per heavy atom. The van der Waals surface area contributed by atoms with E-state index >= 15 is 0 Å². The summed E-state index contributed by atoms with van der Waals surface area (Å²) in [6.07, 6.45) is 29.0. The fourth-order valence-corrected chi connectivity index (χ4v) is 7.29. The molecule has 2 heterocycles. The molecule has 0 spiro atoms. The van der Waals surface area contributed by atoms with Crippen LogP contribution >= 0.6 is 0 Å². The van der Waals surface area contributed by atoms with Crippen molar-refractivity contribution in [1.82, 2.24) is 9.63 Å². The standard InChI is InChI=1S/C42H65N3O3/c1-5-6-7-8-9-10-11-12-13-14-15-16-17-19-34-47-39-25-21-37(22-26-39)41(2)29-30-42(3,45(41)46)38-23-27-40(28-24-38)48-35-20-18-31-44-33-32-43(4)36-44/h21-28,32-33,36H,5-20,29-31,34-35H2,1-4H3/q+1/t41-,42-/m0/s1. The molecule has 0 bridgehead atoms. The SMILES string of the molecule is CCCCCCCCCCCCCCCCOc1ccc([C@]2(C)CC[C@@](C)(c3ccc(OCCCCn4cc[n+](C)c4)cc3)N2[O])cc1. The van der Waals surface area contributed by atoms with Gasteiger partial charge in [0, 0.05) is 0 Å². The fourth-order valence-electron chi connectivity index (χ4n) is 7.29. The van der Waals surface area contributed by atoms with Gasteiger partial charge in [-0.25, -0.2) is 9.13 Å². The molecular weight excluding hydrogens is 594 g/mol. The molecule has 6 nitrogen and oxygen atoms in total. The lowest BCUT2D eigenvalue weighted by Gasteiger charge is -2.37. The first-order valence-electron chi connectivity index (χ1n) is 19.3. The highest BCUT2D eigenvalue weighted by atomic mass is 16.5. The molecule has 2 aromatic carbocycles. The lowest BCUT2D eigenvalue weighted by Crippen LogP contribution is -2.44. The van der Waals surface area contributed by atoms with E-state index < -0.39 is 11.1 Å². The van der Waals surface area contributed by atoms with E-state index in [1.165, 1.54) is 88.5 Å². The number of hydrogen-bond acceptors (Lipinski definition) is 3. The summed E-state index contributed by atoms with van der Waals surface area (Å²) >= 11 is 0. The summed E-state index contributed by atoms with van der Waals surface area (Å²) in [6.45, 7) is 8.89. The number of benzene rings is 2. The molecule has 0 aliphatic carbocycles. The second kappa shape index (κ2) is 20.0. The Morgan fingerprint density at radius 1 is 0.625 bits per heavy atom. The van der Waals surface area contributed by atoms with Crippen LogP contribution in [0.2, 0.25) is 0 Å². The van der Waals surface area contributed by atoms with Gasteiger partial charge in [-0.05, 0) is 81.3 Å². The van der Waals surface area contributed by atoms with Crippen molar-refractivity contribution in [3.8, 4) is 11.5 Å². The van der Waals surface area contributed by atoms with E-state index in [2.05, 4.69) is 72.9 Å². The molecule has 4 rings (SSSR count). The summed E-state index contributed by atoms with van der Waals surface area (Å²) in [7, 11) is 2.04. The summed E-state index contributed by atoms with van der Waals surface area (Å²) in [5.74, 6) is 1.75. The van der Waals surface area contributed by atoms with Gasteiger partial charge >= 0.3 is 0 Å². The Morgan fingerprint density at radius 2 is 1.04 bits per heavy atom. The van der Waals surface area contributed by atoms with E-state index in [4.69, 9.17) is 9.47 Å². The van der Waals surface area contributed by atoms with Crippen molar-refractivity contribution in [3.05, 3.63) is 78.4 Å². The molecule has 265 valence electrons. The highest BCUT2D eigenvalue weighted by molar-refractivity contribution is 5.37. The van der Waals surface area contributed by atoms with Gasteiger partial charge in [0.05, 0.1) is 37.9 Å². The van der Waals surface area contributed by atoms with Gasteiger partial charge in [0.25, 0.3) is 0 Å². The molecule has 2 atom stereocenters. The number of ether oxygens (including phenoxy) is 2. The van der Waals surface area contributed by atoms with Crippen molar-refractivity contribution in [2.75, 3.05) is 13.2 Å². The van der Waals surface area contributed by atoms with Crippen molar-refractivity contribution >= 4 is 0 Å². The third-order valence-electron chi connectivity index (χ3n) is 10.6. The molecule has 48 heavy (non-hydrogen) atoms. The number of unbranched alkanes of at least 4 members (excludes halogenated alkanes) is 14. The number of aryl methyl sites for hydroxylation is 2. The largest absolute Gasteiger partial charge is 0.494 e. The van der Waals surface area contributed by atoms with Crippen molar-refractivity contribution in [2.24, 2.45) is 7.05 Å². The highest BCUT2D eigenvalue weighted by Crippen LogP contribution is 2.51. The van der Waals surface area contributed by atoms with Crippen LogP contribution in [0, 0.1) is 0 Å². The van der Waals surface area contributed by atoms with Crippen LogP contribution in [-0.4, -0.2) is 22.8 Å². The van der Waals surface area contributed by atoms with Gasteiger partial charge in [-0.3, -0.25) is 0 Å². The maximum Gasteiger partial charge on any atom is 0.243 e. The van der Waals surface area contributed by atoms with Crippen LogP contribution < -0.4 is 14.0 Å². The quantitative estimate of drug-likeness (QED) is 0.0710. The Kier molecular flexibility index (Phi) is 15.8. The molecule has 0 saturated carbocycles. The average molecular weight is 660 g/mol. The molecule has 6 heteroatoms. The molecule has 0 amide bonds. The summed E-state index contributed by atoms with van der Waals surface area (Å²) in [5, 5.41) is 15.3. The monoisotopic (exact) mass is 660 g/mol. The van der Waals surface area contributed by atoms with E-state index in [-0.39, 0.29) is 0 Å². The number of imidazole rings is 1. The molecule has 1 aliphatic rings. The molecule has 1 radical (unpaired) electrons. The van der Waals surface area contributed by atoms with E-state index in [9.17, 15) is 5.21 Å². The van der Waals surface area contributed by atoms with Crippen molar-refractivity contribution in [2.45, 2.75) is 154 Å². The number of rotatable bonds is 24. The molecule has 1 fully saturated rings. The van der Waals surface area contributed by atoms with Crippen molar-refractivity contribution < 1.29 is 19.2 Å². The first-order chi connectivity index (χ1) is 23.3. The Labute approximate surface area is 292 Å². The first kappa shape index (κ1) is 38.0. The van der Waals surface area contributed by atoms with Crippen LogP contribution in [0.15, 0.2) is 67.3 Å². The topological polar surface area (TPSA) is 50.4 Å². The Bertz CT molecular complexity index is 1290. The summed E-state index contributed by atoms with van der Waals surface area (Å²) in [5.41, 5.74) is 0.942. The molecular formula is C42H65N3O3+. The van der Waals surface area contributed by atoms with Crippen LogP contribution in [0.4, 0.5) is 0 Å². The average Bonchev–Trinajstić information content (AvgIpc) is 3.63. The van der Waals surface area contributed by atoms with Gasteiger partial charge in [0.1, 0.15) is 23.9 Å². The molecule has 1 saturated heterocycles. The third-order valence-corrected chi connectivity index (χ3v) is 10.6. The van der Waals surface area contributed by atoms with Crippen LogP contribution in [0.1, 0.15) is 147 Å². The summed E-state index contributed by atoms with van der Waals surface area (Å²) in [6, 6.07) is 16.4. The smallest absolute Gasteiger partial charge is 0.243 e. The lowest BCUT2D eigenvalue weighted by atomic mass is 9.89. The summed E-state index contributed by atoms with van der Waals surface area (Å²) < 4.78 is 16.3. The maximum absolute atomic E-state index is 14.0. The van der Waals surface area contributed by atoms with Gasteiger partial charge in [0.15, 0.2) is 0 Å². The predicted octanol–water partition coefficient (Wildman–Crippen LogP) is 10.6. The van der Waals surface area contributed by atoms with Crippen LogP contribution in [-0.2, 0) is 29.9 Å². The minimum absolute atomic E-state index is 0.576. The Hall–Kier alpha value is -2.83. The number of hydrogen-bond donors (Lipinski definition) is 0. The second-order valence-electron chi connectivity index (χ2n) is 14.7. The lowest BCUT2D eigenvalue weighted by molar-refractivity contribution is -0.671. The van der Waals surface area contributed by atoms with Gasteiger partial charge in [-0.15, -0.1) is 10.3 Å². The van der Waals surface area contributed by atoms with E-state index in [0.29, 0.717) is 6.61 Å². The van der Waals surface area contributed by atoms with Gasteiger partial charge < -0.3 is 9.47 Å². The normalized spacial score (nSPS) is 19.6. The molecule has 0 unspecified atom stereocenters. The Balaban J connectivity index is 1.11. The third kappa shape index (κ3) is 11.4. The maximum atomic E-state index is 14.0. The van der Waals surface area contributed by atoms with Crippen LogP contribution in [0.25, 0.3) is 0 Å². The summed E-state index contributed by atoms with van der Waals surface area (Å²) in [4.78, 5) is 0. The zero-order valence-corrected chi connectivity index (χ0v) is 30.8. The second-order valence-corrected chi connectivity index (χ2v) is 14.7. The van der Waals surface area contributed by atoms with E-state index in [1.54, 1.807) is 0 Å². The van der Waals surface area contributed by atoms with Crippen LogP contribution in [0.3, 0.4) is 0 Å². The molecule has 0 N–H and O–H groups in total. The minimum Gasteiger partial charge on any atom is -0.494 e.